The van der Waals surface area contributed by atoms with Crippen LogP contribution in [-0.2, 0) is 16.8 Å². The zero-order chi connectivity index (χ0) is 13.1. The normalized spacial score (nSPS) is 10.9. The Kier molecular flexibility index (Phi) is 4.08. The fraction of sp³-hybridized carbons (Fsp3) is 0.500. The van der Waals surface area contributed by atoms with E-state index in [4.69, 9.17) is 4.74 Å². The third-order valence-electron chi connectivity index (χ3n) is 2.78. The van der Waals surface area contributed by atoms with E-state index in [9.17, 15) is 4.79 Å². The van der Waals surface area contributed by atoms with E-state index < -0.39 is 0 Å². The third-order valence-corrected chi connectivity index (χ3v) is 2.78. The highest BCUT2D eigenvalue weighted by Crippen LogP contribution is 2.33. The monoisotopic (exact) mass is 233 g/mol. The van der Waals surface area contributed by atoms with Crippen molar-refractivity contribution in [3.05, 3.63) is 28.8 Å². The standard InChI is InChI=1S/C14H19NO2/c1-10-6-13(17-5)12(14(2,3)4)7-11(10)8-15-9-16/h6-7H,8H2,1-5H3. The van der Waals surface area contributed by atoms with Gasteiger partial charge < -0.3 is 4.74 Å². The van der Waals surface area contributed by atoms with Gasteiger partial charge in [-0.3, -0.25) is 0 Å². The smallest absolute Gasteiger partial charge is 0.235 e. The molecule has 0 heterocycles. The molecule has 0 fully saturated rings. The molecule has 0 atom stereocenters. The summed E-state index contributed by atoms with van der Waals surface area (Å²) >= 11 is 0. The average molecular weight is 233 g/mol. The van der Waals surface area contributed by atoms with E-state index >= 15 is 0 Å². The van der Waals surface area contributed by atoms with Crippen molar-refractivity contribution in [2.45, 2.75) is 39.7 Å². The molecule has 1 rings (SSSR count). The van der Waals surface area contributed by atoms with Crippen LogP contribution in [0.1, 0.15) is 37.5 Å². The molecule has 0 amide bonds. The van der Waals surface area contributed by atoms with E-state index in [1.54, 1.807) is 13.2 Å². The van der Waals surface area contributed by atoms with Gasteiger partial charge in [-0.15, -0.1) is 0 Å². The Morgan fingerprint density at radius 1 is 1.35 bits per heavy atom. The molecule has 0 saturated heterocycles. The van der Waals surface area contributed by atoms with E-state index in [2.05, 4.69) is 31.8 Å². The third kappa shape index (κ3) is 3.18. The molecule has 0 bridgehead atoms. The van der Waals surface area contributed by atoms with Crippen LogP contribution < -0.4 is 4.74 Å². The van der Waals surface area contributed by atoms with Crippen LogP contribution in [0.25, 0.3) is 0 Å². The number of hydrogen-bond acceptors (Lipinski definition) is 3. The lowest BCUT2D eigenvalue weighted by Crippen LogP contribution is -2.13. The van der Waals surface area contributed by atoms with Crippen LogP contribution in [0.15, 0.2) is 17.1 Å². The summed E-state index contributed by atoms with van der Waals surface area (Å²) in [7, 11) is 1.67. The Morgan fingerprint density at radius 3 is 2.47 bits per heavy atom. The van der Waals surface area contributed by atoms with Crippen molar-refractivity contribution >= 4 is 6.08 Å². The predicted molar refractivity (Wildman–Crippen MR) is 68.3 cm³/mol. The number of rotatable bonds is 3. The van der Waals surface area contributed by atoms with Crippen molar-refractivity contribution in [1.82, 2.24) is 0 Å². The maximum absolute atomic E-state index is 10.2. The first-order chi connectivity index (χ1) is 7.90. The first-order valence-corrected chi connectivity index (χ1v) is 5.61. The molecule has 1 aromatic rings. The quantitative estimate of drug-likeness (QED) is 0.594. The van der Waals surface area contributed by atoms with Gasteiger partial charge in [0, 0.05) is 0 Å². The highest BCUT2D eigenvalue weighted by atomic mass is 16.5. The number of isocyanates is 1. The van der Waals surface area contributed by atoms with E-state index in [-0.39, 0.29) is 5.41 Å². The maximum atomic E-state index is 10.2. The number of carbonyl (C=O) groups excluding carboxylic acids is 1. The molecule has 0 aliphatic heterocycles. The van der Waals surface area contributed by atoms with Gasteiger partial charge in [0.25, 0.3) is 0 Å². The first-order valence-electron chi connectivity index (χ1n) is 5.61. The minimum absolute atomic E-state index is 0.00130. The lowest BCUT2D eigenvalue weighted by Gasteiger charge is -2.23. The molecule has 1 aromatic carbocycles. The van der Waals surface area contributed by atoms with Crippen LogP contribution in [-0.4, -0.2) is 13.2 Å². The summed E-state index contributed by atoms with van der Waals surface area (Å²) < 4.78 is 5.40. The number of aryl methyl sites for hydroxylation is 1. The van der Waals surface area contributed by atoms with Gasteiger partial charge in [-0.1, -0.05) is 20.8 Å². The van der Waals surface area contributed by atoms with Crippen LogP contribution in [0.5, 0.6) is 5.75 Å². The van der Waals surface area contributed by atoms with Crippen molar-refractivity contribution in [3.63, 3.8) is 0 Å². The molecule has 0 unspecified atom stereocenters. The molecule has 0 N–H and O–H groups in total. The Hall–Kier alpha value is -1.60. The van der Waals surface area contributed by atoms with Gasteiger partial charge in [0.05, 0.1) is 13.7 Å². The summed E-state index contributed by atoms with van der Waals surface area (Å²) in [5, 5.41) is 0. The molecule has 0 saturated carbocycles. The fourth-order valence-electron chi connectivity index (χ4n) is 1.77. The Labute approximate surface area is 103 Å². The van der Waals surface area contributed by atoms with Crippen LogP contribution in [0.2, 0.25) is 0 Å². The van der Waals surface area contributed by atoms with Gasteiger partial charge in [-0.05, 0) is 41.2 Å². The number of aliphatic imine (C=N–C) groups is 1. The van der Waals surface area contributed by atoms with Crippen molar-refractivity contribution in [3.8, 4) is 5.75 Å². The lowest BCUT2D eigenvalue weighted by molar-refractivity contribution is 0.397. The van der Waals surface area contributed by atoms with E-state index in [0.29, 0.717) is 6.54 Å². The van der Waals surface area contributed by atoms with Gasteiger partial charge in [-0.2, -0.15) is 0 Å². The van der Waals surface area contributed by atoms with Crippen molar-refractivity contribution in [1.29, 1.82) is 0 Å². The minimum atomic E-state index is -0.00130. The van der Waals surface area contributed by atoms with Crippen molar-refractivity contribution in [2.24, 2.45) is 4.99 Å². The summed E-state index contributed by atoms with van der Waals surface area (Å²) in [5.74, 6) is 0.883. The number of methoxy groups -OCH3 is 1. The van der Waals surface area contributed by atoms with E-state index in [1.807, 2.05) is 13.0 Å². The van der Waals surface area contributed by atoms with Crippen LogP contribution >= 0.6 is 0 Å². The summed E-state index contributed by atoms with van der Waals surface area (Å²) in [4.78, 5) is 13.8. The SMILES string of the molecule is COc1cc(C)c(CN=C=O)cc1C(C)(C)C. The molecule has 17 heavy (non-hydrogen) atoms. The molecular formula is C14H19NO2. The van der Waals surface area contributed by atoms with Gasteiger partial charge >= 0.3 is 0 Å². The Bertz CT molecular complexity index is 452. The zero-order valence-corrected chi connectivity index (χ0v) is 11.1. The molecule has 92 valence electrons. The highest BCUT2D eigenvalue weighted by molar-refractivity contribution is 5.46. The summed E-state index contributed by atoms with van der Waals surface area (Å²) in [6, 6.07) is 4.06. The highest BCUT2D eigenvalue weighted by Gasteiger charge is 2.20. The maximum Gasteiger partial charge on any atom is 0.235 e. The number of nitrogens with zero attached hydrogens (tertiary/aromatic N) is 1. The van der Waals surface area contributed by atoms with Gasteiger partial charge in [0.15, 0.2) is 0 Å². The molecule has 0 aliphatic carbocycles. The first kappa shape index (κ1) is 13.5. The van der Waals surface area contributed by atoms with Crippen LogP contribution in [0, 0.1) is 6.92 Å². The van der Waals surface area contributed by atoms with Crippen LogP contribution in [0.3, 0.4) is 0 Å². The second-order valence-electron chi connectivity index (χ2n) is 5.14. The molecule has 3 nitrogen and oxygen atoms in total. The lowest BCUT2D eigenvalue weighted by atomic mass is 9.84. The topological polar surface area (TPSA) is 38.7 Å². The molecule has 0 aromatic heterocycles. The molecular weight excluding hydrogens is 214 g/mol. The second-order valence-corrected chi connectivity index (χ2v) is 5.14. The largest absolute Gasteiger partial charge is 0.496 e. The van der Waals surface area contributed by atoms with Gasteiger partial charge in [0.1, 0.15) is 5.75 Å². The van der Waals surface area contributed by atoms with E-state index in [0.717, 1.165) is 22.4 Å². The Morgan fingerprint density at radius 2 is 2.00 bits per heavy atom. The summed E-state index contributed by atoms with van der Waals surface area (Å²) in [6.45, 7) is 8.76. The molecule has 0 radical (unpaired) electrons. The van der Waals surface area contributed by atoms with Crippen molar-refractivity contribution < 1.29 is 9.53 Å². The number of ether oxygens (including phenoxy) is 1. The summed E-state index contributed by atoms with van der Waals surface area (Å²) in [6.07, 6.45) is 1.57. The molecule has 0 aliphatic rings. The molecule has 0 spiro atoms. The molecule has 3 heteroatoms. The van der Waals surface area contributed by atoms with Crippen molar-refractivity contribution in [2.75, 3.05) is 7.11 Å². The Balaban J connectivity index is 3.32. The van der Waals surface area contributed by atoms with E-state index in [1.165, 1.54) is 0 Å². The summed E-state index contributed by atoms with van der Waals surface area (Å²) in [5.41, 5.74) is 3.24. The minimum Gasteiger partial charge on any atom is -0.496 e. The predicted octanol–water partition coefficient (Wildman–Crippen LogP) is 3.14. The fourth-order valence-corrected chi connectivity index (χ4v) is 1.77. The van der Waals surface area contributed by atoms with Crippen LogP contribution in [0.4, 0.5) is 0 Å². The zero-order valence-electron chi connectivity index (χ0n) is 11.1. The average Bonchev–Trinajstić information content (AvgIpc) is 2.25. The number of benzene rings is 1. The number of hydrogen-bond donors (Lipinski definition) is 0. The second kappa shape index (κ2) is 5.15. The van der Waals surface area contributed by atoms with Gasteiger partial charge in [-0.25, -0.2) is 9.79 Å². The van der Waals surface area contributed by atoms with Gasteiger partial charge in [0.2, 0.25) is 6.08 Å².